The third kappa shape index (κ3) is 4.32. The normalized spacial score (nSPS) is 15.7. The van der Waals surface area contributed by atoms with Crippen molar-refractivity contribution in [3.8, 4) is 0 Å². The summed E-state index contributed by atoms with van der Waals surface area (Å²) >= 11 is 5.73. The molecule has 1 fully saturated rings. The highest BCUT2D eigenvalue weighted by Crippen LogP contribution is 2.17. The van der Waals surface area contributed by atoms with Gasteiger partial charge in [0, 0.05) is 38.9 Å². The van der Waals surface area contributed by atoms with Gasteiger partial charge in [-0.2, -0.15) is 4.31 Å². The van der Waals surface area contributed by atoms with E-state index in [1.165, 1.54) is 4.31 Å². The van der Waals surface area contributed by atoms with Crippen LogP contribution >= 0.6 is 11.6 Å². The number of piperazine rings is 1. The summed E-state index contributed by atoms with van der Waals surface area (Å²) in [6, 6.07) is 11.6. The Labute approximate surface area is 157 Å². The van der Waals surface area contributed by atoms with Crippen molar-refractivity contribution in [3.05, 3.63) is 59.4 Å². The standard InChI is InChI=1S/C17H19ClN4O3S/c18-16-7-6-14(12-19-16)13-20-17(23)21-8-10-22(11-9-21)26(24,25)15-4-2-1-3-5-15/h1-7,12H,8-11,13H2,(H,20,23). The molecule has 1 aliphatic rings. The maximum absolute atomic E-state index is 12.6. The lowest BCUT2D eigenvalue weighted by Gasteiger charge is -2.34. The zero-order valence-corrected chi connectivity index (χ0v) is 15.6. The van der Waals surface area contributed by atoms with Crippen molar-refractivity contribution in [1.29, 1.82) is 0 Å². The van der Waals surface area contributed by atoms with Gasteiger partial charge in [0.25, 0.3) is 0 Å². The minimum Gasteiger partial charge on any atom is -0.334 e. The van der Waals surface area contributed by atoms with Crippen LogP contribution < -0.4 is 5.32 Å². The molecule has 2 heterocycles. The number of hydrogen-bond acceptors (Lipinski definition) is 4. The molecule has 26 heavy (non-hydrogen) atoms. The molecule has 7 nitrogen and oxygen atoms in total. The number of carbonyl (C=O) groups is 1. The molecule has 138 valence electrons. The number of pyridine rings is 1. The highest BCUT2D eigenvalue weighted by molar-refractivity contribution is 7.89. The summed E-state index contributed by atoms with van der Waals surface area (Å²) in [4.78, 5) is 18.1. The van der Waals surface area contributed by atoms with Gasteiger partial charge in [0.05, 0.1) is 4.90 Å². The zero-order valence-electron chi connectivity index (χ0n) is 14.0. The number of rotatable bonds is 4. The van der Waals surface area contributed by atoms with Crippen LogP contribution in [0.1, 0.15) is 5.56 Å². The van der Waals surface area contributed by atoms with Crippen molar-refractivity contribution in [2.45, 2.75) is 11.4 Å². The summed E-state index contributed by atoms with van der Waals surface area (Å²) in [6.07, 6.45) is 1.60. The van der Waals surface area contributed by atoms with Gasteiger partial charge in [-0.15, -0.1) is 0 Å². The first-order chi connectivity index (χ1) is 12.5. The summed E-state index contributed by atoms with van der Waals surface area (Å²) in [7, 11) is -3.52. The van der Waals surface area contributed by atoms with Crippen molar-refractivity contribution < 1.29 is 13.2 Å². The maximum Gasteiger partial charge on any atom is 0.317 e. The first-order valence-electron chi connectivity index (χ1n) is 8.15. The van der Waals surface area contributed by atoms with Crippen LogP contribution in [0.3, 0.4) is 0 Å². The monoisotopic (exact) mass is 394 g/mol. The summed E-state index contributed by atoms with van der Waals surface area (Å²) < 4.78 is 26.6. The molecule has 1 aromatic heterocycles. The molecular formula is C17H19ClN4O3S. The van der Waals surface area contributed by atoms with Crippen LogP contribution in [0, 0.1) is 0 Å². The van der Waals surface area contributed by atoms with Gasteiger partial charge in [-0.05, 0) is 23.8 Å². The van der Waals surface area contributed by atoms with E-state index in [2.05, 4.69) is 10.3 Å². The smallest absolute Gasteiger partial charge is 0.317 e. The molecule has 1 aliphatic heterocycles. The second-order valence-corrected chi connectivity index (χ2v) is 8.18. The van der Waals surface area contributed by atoms with Crippen molar-refractivity contribution in [2.75, 3.05) is 26.2 Å². The van der Waals surface area contributed by atoms with E-state index in [1.54, 1.807) is 53.6 Å². The highest BCUT2D eigenvalue weighted by atomic mass is 35.5. The number of aromatic nitrogens is 1. The third-order valence-electron chi connectivity index (χ3n) is 4.14. The van der Waals surface area contributed by atoms with Crippen LogP contribution in [-0.2, 0) is 16.6 Å². The molecule has 0 radical (unpaired) electrons. The van der Waals surface area contributed by atoms with Crippen molar-refractivity contribution >= 4 is 27.7 Å². The Morgan fingerprint density at radius 1 is 1.08 bits per heavy atom. The van der Waals surface area contributed by atoms with Gasteiger partial charge >= 0.3 is 6.03 Å². The van der Waals surface area contributed by atoms with Crippen LogP contribution in [-0.4, -0.2) is 54.8 Å². The van der Waals surface area contributed by atoms with Crippen LogP contribution in [0.25, 0.3) is 0 Å². The first-order valence-corrected chi connectivity index (χ1v) is 9.97. The molecule has 2 amide bonds. The molecule has 1 saturated heterocycles. The Morgan fingerprint density at radius 3 is 2.38 bits per heavy atom. The molecule has 2 aromatic rings. The van der Waals surface area contributed by atoms with Crippen molar-refractivity contribution in [1.82, 2.24) is 19.5 Å². The number of sulfonamides is 1. The Hall–Kier alpha value is -2.16. The molecule has 9 heteroatoms. The predicted octanol–water partition coefficient (Wildman–Crippen LogP) is 1.95. The molecule has 0 aliphatic carbocycles. The SMILES string of the molecule is O=C(NCc1ccc(Cl)nc1)N1CCN(S(=O)(=O)c2ccccc2)CC1. The van der Waals surface area contributed by atoms with E-state index in [0.29, 0.717) is 24.8 Å². The largest absolute Gasteiger partial charge is 0.334 e. The molecule has 1 N–H and O–H groups in total. The lowest BCUT2D eigenvalue weighted by atomic mass is 10.3. The second kappa shape index (κ2) is 8.03. The van der Waals surface area contributed by atoms with E-state index in [-0.39, 0.29) is 24.0 Å². The van der Waals surface area contributed by atoms with Crippen molar-refractivity contribution in [3.63, 3.8) is 0 Å². The van der Waals surface area contributed by atoms with Gasteiger partial charge in [0.2, 0.25) is 10.0 Å². The van der Waals surface area contributed by atoms with Crippen molar-refractivity contribution in [2.24, 2.45) is 0 Å². The zero-order chi connectivity index (χ0) is 18.6. The molecule has 0 bridgehead atoms. The molecule has 0 spiro atoms. The maximum atomic E-state index is 12.6. The molecular weight excluding hydrogens is 376 g/mol. The highest BCUT2D eigenvalue weighted by Gasteiger charge is 2.29. The second-order valence-electron chi connectivity index (χ2n) is 5.85. The minimum absolute atomic E-state index is 0.225. The topological polar surface area (TPSA) is 82.6 Å². The van der Waals surface area contributed by atoms with E-state index in [4.69, 9.17) is 11.6 Å². The van der Waals surface area contributed by atoms with Gasteiger partial charge < -0.3 is 10.2 Å². The number of urea groups is 1. The number of halogens is 1. The Balaban J connectivity index is 1.53. The van der Waals surface area contributed by atoms with Crippen LogP contribution in [0.4, 0.5) is 4.79 Å². The molecule has 1 aromatic carbocycles. The van der Waals surface area contributed by atoms with Gasteiger partial charge in [0.1, 0.15) is 5.15 Å². The van der Waals surface area contributed by atoms with Crippen LogP contribution in [0.15, 0.2) is 53.6 Å². The molecule has 0 saturated carbocycles. The fourth-order valence-electron chi connectivity index (χ4n) is 2.67. The number of benzene rings is 1. The lowest BCUT2D eigenvalue weighted by Crippen LogP contribution is -2.52. The summed E-state index contributed by atoms with van der Waals surface area (Å²) in [5.74, 6) is 0. The Morgan fingerprint density at radius 2 is 1.77 bits per heavy atom. The number of carbonyl (C=O) groups excluding carboxylic acids is 1. The molecule has 0 unspecified atom stereocenters. The van der Waals surface area contributed by atoms with E-state index < -0.39 is 10.0 Å². The molecule has 0 atom stereocenters. The fourth-order valence-corrected chi connectivity index (χ4v) is 4.23. The van der Waals surface area contributed by atoms with Gasteiger partial charge in [-0.3, -0.25) is 0 Å². The summed E-state index contributed by atoms with van der Waals surface area (Å²) in [5.41, 5.74) is 0.841. The number of nitrogens with one attached hydrogen (secondary N) is 1. The number of nitrogens with zero attached hydrogens (tertiary/aromatic N) is 3. The summed E-state index contributed by atoms with van der Waals surface area (Å²) in [5, 5.41) is 3.21. The minimum atomic E-state index is -3.52. The molecule has 3 rings (SSSR count). The van der Waals surface area contributed by atoms with E-state index in [0.717, 1.165) is 5.56 Å². The van der Waals surface area contributed by atoms with Gasteiger partial charge in [-0.25, -0.2) is 18.2 Å². The average Bonchev–Trinajstić information content (AvgIpc) is 2.68. The Kier molecular flexibility index (Phi) is 5.75. The first kappa shape index (κ1) is 18.6. The van der Waals surface area contributed by atoms with Crippen LogP contribution in [0.2, 0.25) is 5.15 Å². The Bertz CT molecular complexity index is 851. The third-order valence-corrected chi connectivity index (χ3v) is 6.28. The van der Waals surface area contributed by atoms with E-state index >= 15 is 0 Å². The lowest BCUT2D eigenvalue weighted by molar-refractivity contribution is 0.172. The van der Waals surface area contributed by atoms with E-state index in [1.807, 2.05) is 0 Å². The average molecular weight is 395 g/mol. The van der Waals surface area contributed by atoms with Crippen LogP contribution in [0.5, 0.6) is 0 Å². The van der Waals surface area contributed by atoms with Gasteiger partial charge in [0.15, 0.2) is 0 Å². The van der Waals surface area contributed by atoms with E-state index in [9.17, 15) is 13.2 Å². The quantitative estimate of drug-likeness (QED) is 0.803. The van der Waals surface area contributed by atoms with Gasteiger partial charge in [-0.1, -0.05) is 35.9 Å². The predicted molar refractivity (Wildman–Crippen MR) is 98.3 cm³/mol. The number of hydrogen-bond donors (Lipinski definition) is 1. The fraction of sp³-hybridized carbons (Fsp3) is 0.294. The number of amides is 2. The summed E-state index contributed by atoms with van der Waals surface area (Å²) in [6.45, 7) is 1.57.